The number of benzene rings is 1. The van der Waals surface area contributed by atoms with Crippen LogP contribution in [0.5, 0.6) is 0 Å². The van der Waals surface area contributed by atoms with Gasteiger partial charge in [0.15, 0.2) is 0 Å². The lowest BCUT2D eigenvalue weighted by molar-refractivity contribution is -0.387. The molecule has 112 valence electrons. The summed E-state index contributed by atoms with van der Waals surface area (Å²) >= 11 is 0. The van der Waals surface area contributed by atoms with E-state index in [1.54, 1.807) is 0 Å². The quantitative estimate of drug-likeness (QED) is 0.630. The number of rotatable bonds is 3. The zero-order valence-electron chi connectivity index (χ0n) is 10.7. The number of nitriles is 1. The molecule has 0 aliphatic carbocycles. The highest BCUT2D eigenvalue weighted by Crippen LogP contribution is 2.24. The highest BCUT2D eigenvalue weighted by Gasteiger charge is 2.34. The van der Waals surface area contributed by atoms with Crippen molar-refractivity contribution in [1.29, 1.82) is 5.26 Å². The first kappa shape index (κ1) is 15.3. The van der Waals surface area contributed by atoms with E-state index < -0.39 is 37.4 Å². The Bertz CT molecular complexity index is 715. The van der Waals surface area contributed by atoms with Crippen LogP contribution in [0.3, 0.4) is 0 Å². The standard InChI is InChI=1S/C11H11FN4O4S/c12-10-5-9(1-2-11(10)16(17)18)21(19,20)15-4-3-14-7-8(15)6-13/h1-2,5,8,14H,3-4,7H2. The van der Waals surface area contributed by atoms with Crippen molar-refractivity contribution < 1.29 is 17.7 Å². The Morgan fingerprint density at radius 2 is 2.24 bits per heavy atom. The van der Waals surface area contributed by atoms with Crippen LogP contribution < -0.4 is 5.32 Å². The second-order valence-corrected chi connectivity index (χ2v) is 6.23. The number of piperazine rings is 1. The van der Waals surface area contributed by atoms with Crippen molar-refractivity contribution >= 4 is 15.7 Å². The molecule has 10 heteroatoms. The molecule has 8 nitrogen and oxygen atoms in total. The SMILES string of the molecule is N#CC1CNCCN1S(=O)(=O)c1ccc([N+](=O)[O-])c(F)c1. The third-order valence-electron chi connectivity index (χ3n) is 3.07. The van der Waals surface area contributed by atoms with Gasteiger partial charge in [-0.25, -0.2) is 8.42 Å². The van der Waals surface area contributed by atoms with Gasteiger partial charge in [0, 0.05) is 31.8 Å². The number of hydrogen-bond donors (Lipinski definition) is 1. The summed E-state index contributed by atoms with van der Waals surface area (Å²) in [5.74, 6) is -1.23. The van der Waals surface area contributed by atoms with Crippen molar-refractivity contribution in [3.8, 4) is 6.07 Å². The van der Waals surface area contributed by atoms with Gasteiger partial charge in [-0.2, -0.15) is 14.0 Å². The molecule has 0 aromatic heterocycles. The molecule has 1 unspecified atom stereocenters. The number of hydrogen-bond acceptors (Lipinski definition) is 6. The maximum Gasteiger partial charge on any atom is 0.304 e. The van der Waals surface area contributed by atoms with Crippen molar-refractivity contribution in [2.75, 3.05) is 19.6 Å². The van der Waals surface area contributed by atoms with Crippen LogP contribution in [0.2, 0.25) is 0 Å². The lowest BCUT2D eigenvalue weighted by Crippen LogP contribution is -2.52. The smallest absolute Gasteiger partial charge is 0.304 e. The van der Waals surface area contributed by atoms with Crippen LogP contribution >= 0.6 is 0 Å². The topological polar surface area (TPSA) is 116 Å². The normalized spacial score (nSPS) is 19.9. The molecular weight excluding hydrogens is 303 g/mol. The molecular formula is C11H11FN4O4S. The van der Waals surface area contributed by atoms with E-state index >= 15 is 0 Å². The molecule has 1 heterocycles. The van der Waals surface area contributed by atoms with Gasteiger partial charge in [-0.3, -0.25) is 10.1 Å². The molecule has 21 heavy (non-hydrogen) atoms. The molecule has 1 N–H and O–H groups in total. The molecule has 1 saturated heterocycles. The third kappa shape index (κ3) is 2.85. The average molecular weight is 314 g/mol. The lowest BCUT2D eigenvalue weighted by Gasteiger charge is -2.30. The van der Waals surface area contributed by atoms with E-state index in [0.717, 1.165) is 16.4 Å². The Morgan fingerprint density at radius 1 is 1.52 bits per heavy atom. The molecule has 0 saturated carbocycles. The molecule has 1 atom stereocenters. The van der Waals surface area contributed by atoms with Crippen molar-refractivity contribution in [2.24, 2.45) is 0 Å². The maximum atomic E-state index is 13.6. The molecule has 0 bridgehead atoms. The summed E-state index contributed by atoms with van der Waals surface area (Å²) in [5, 5.41) is 22.4. The van der Waals surface area contributed by atoms with Crippen LogP contribution in [0.4, 0.5) is 10.1 Å². The Morgan fingerprint density at radius 3 is 2.81 bits per heavy atom. The van der Waals surface area contributed by atoms with Crippen molar-refractivity contribution in [1.82, 2.24) is 9.62 Å². The molecule has 0 amide bonds. The monoisotopic (exact) mass is 314 g/mol. The van der Waals surface area contributed by atoms with Gasteiger partial charge in [0.25, 0.3) is 0 Å². The Hall–Kier alpha value is -2.09. The first-order valence-electron chi connectivity index (χ1n) is 5.94. The van der Waals surface area contributed by atoms with Crippen LogP contribution in [-0.2, 0) is 10.0 Å². The summed E-state index contributed by atoms with van der Waals surface area (Å²) < 4.78 is 39.3. The van der Waals surface area contributed by atoms with Crippen LogP contribution in [0.25, 0.3) is 0 Å². The van der Waals surface area contributed by atoms with Gasteiger partial charge >= 0.3 is 5.69 Å². The average Bonchev–Trinajstić information content (AvgIpc) is 2.46. The molecule has 1 aliphatic rings. The minimum Gasteiger partial charge on any atom is -0.313 e. The largest absolute Gasteiger partial charge is 0.313 e. The van der Waals surface area contributed by atoms with Crippen molar-refractivity contribution in [2.45, 2.75) is 10.9 Å². The Kier molecular flexibility index (Phi) is 4.17. The van der Waals surface area contributed by atoms with Crippen molar-refractivity contribution in [3.63, 3.8) is 0 Å². The minimum atomic E-state index is -4.08. The van der Waals surface area contributed by atoms with Gasteiger partial charge in [-0.05, 0) is 6.07 Å². The van der Waals surface area contributed by atoms with Gasteiger partial charge in [-0.1, -0.05) is 0 Å². The second kappa shape index (κ2) is 5.72. The predicted octanol–water partition coefficient (Wildman–Crippen LogP) is 0.220. The van der Waals surface area contributed by atoms with Gasteiger partial charge in [0.1, 0.15) is 6.04 Å². The summed E-state index contributed by atoms with van der Waals surface area (Å²) in [6.45, 7) is 0.608. The molecule has 1 aliphatic heterocycles. The summed E-state index contributed by atoms with van der Waals surface area (Å²) in [5.41, 5.74) is -0.800. The fraction of sp³-hybridized carbons (Fsp3) is 0.364. The molecule has 2 rings (SSSR count). The third-order valence-corrected chi connectivity index (χ3v) is 4.97. The number of sulfonamides is 1. The van der Waals surface area contributed by atoms with E-state index in [1.165, 1.54) is 0 Å². The van der Waals surface area contributed by atoms with E-state index in [0.29, 0.717) is 12.6 Å². The van der Waals surface area contributed by atoms with E-state index in [-0.39, 0.29) is 13.1 Å². The van der Waals surface area contributed by atoms with Gasteiger partial charge in [-0.15, -0.1) is 0 Å². The molecule has 0 spiro atoms. The van der Waals surface area contributed by atoms with E-state index in [9.17, 15) is 22.9 Å². The number of nitro groups is 1. The van der Waals surface area contributed by atoms with Crippen LogP contribution in [0.1, 0.15) is 0 Å². The van der Waals surface area contributed by atoms with E-state index in [2.05, 4.69) is 5.32 Å². The maximum absolute atomic E-state index is 13.6. The molecule has 1 aromatic rings. The lowest BCUT2D eigenvalue weighted by atomic mass is 10.3. The molecule has 0 radical (unpaired) electrons. The van der Waals surface area contributed by atoms with Crippen LogP contribution in [0.15, 0.2) is 23.1 Å². The number of nitrogens with zero attached hydrogens (tertiary/aromatic N) is 3. The first-order valence-corrected chi connectivity index (χ1v) is 7.38. The van der Waals surface area contributed by atoms with Crippen LogP contribution in [-0.4, -0.2) is 43.3 Å². The first-order chi connectivity index (χ1) is 9.87. The van der Waals surface area contributed by atoms with Crippen LogP contribution in [0, 0.1) is 27.3 Å². The fourth-order valence-electron chi connectivity index (χ4n) is 2.01. The van der Waals surface area contributed by atoms with Gasteiger partial charge in [0.05, 0.1) is 15.9 Å². The zero-order chi connectivity index (χ0) is 15.6. The second-order valence-electron chi connectivity index (χ2n) is 4.34. The summed E-state index contributed by atoms with van der Waals surface area (Å²) in [4.78, 5) is 9.19. The summed E-state index contributed by atoms with van der Waals surface area (Å²) in [7, 11) is -4.08. The number of nitro benzene ring substituents is 1. The van der Waals surface area contributed by atoms with Gasteiger partial charge < -0.3 is 5.32 Å². The Balaban J connectivity index is 2.42. The fourth-order valence-corrected chi connectivity index (χ4v) is 3.57. The highest BCUT2D eigenvalue weighted by atomic mass is 32.2. The van der Waals surface area contributed by atoms with E-state index in [4.69, 9.17) is 5.26 Å². The Labute approximate surface area is 120 Å². The zero-order valence-corrected chi connectivity index (χ0v) is 11.5. The minimum absolute atomic E-state index is 0.0686. The summed E-state index contributed by atoms with van der Waals surface area (Å²) in [6, 6.07) is 3.32. The number of nitrogens with one attached hydrogen (secondary N) is 1. The molecule has 1 fully saturated rings. The number of halogens is 1. The highest BCUT2D eigenvalue weighted by molar-refractivity contribution is 7.89. The molecule has 1 aromatic carbocycles. The van der Waals surface area contributed by atoms with Crippen molar-refractivity contribution in [3.05, 3.63) is 34.1 Å². The van der Waals surface area contributed by atoms with Gasteiger partial charge in [0.2, 0.25) is 15.8 Å². The predicted molar refractivity (Wildman–Crippen MR) is 69.2 cm³/mol. The summed E-state index contributed by atoms with van der Waals surface area (Å²) in [6.07, 6.45) is 0. The van der Waals surface area contributed by atoms with E-state index in [1.807, 2.05) is 6.07 Å².